The first-order valence-electron chi connectivity index (χ1n) is 4.98. The van der Waals surface area contributed by atoms with Crippen LogP contribution in [0.1, 0.15) is 37.7 Å². The first kappa shape index (κ1) is 12.7. The molecule has 0 saturated heterocycles. The van der Waals surface area contributed by atoms with Gasteiger partial charge < -0.3 is 5.73 Å². The maximum absolute atomic E-state index is 12.0. The molecule has 2 N–H and O–H groups in total. The molecular weight excluding hydrogens is 219 g/mol. The van der Waals surface area contributed by atoms with Gasteiger partial charge in [-0.15, -0.1) is 0 Å². The maximum Gasteiger partial charge on any atom is 0.389 e. The largest absolute Gasteiger partial charge is 0.389 e. The third-order valence-corrected chi connectivity index (χ3v) is 2.04. The normalized spacial score (nSPS) is 12.1. The van der Waals surface area contributed by atoms with Crippen LogP contribution in [0.2, 0.25) is 0 Å². The molecule has 0 bridgehead atoms. The smallest absolute Gasteiger partial charge is 0.384 e. The van der Waals surface area contributed by atoms with Crippen molar-refractivity contribution in [2.24, 2.45) is 0 Å². The number of nitrogens with zero attached hydrogens (tertiary/aromatic N) is 2. The molecule has 0 unspecified atom stereocenters. The number of hydrogen-bond acceptors (Lipinski definition) is 3. The van der Waals surface area contributed by atoms with Gasteiger partial charge in [-0.05, 0) is 5.92 Å². The van der Waals surface area contributed by atoms with E-state index in [0.29, 0.717) is 5.69 Å². The summed E-state index contributed by atoms with van der Waals surface area (Å²) >= 11 is 0. The molecule has 3 nitrogen and oxygen atoms in total. The van der Waals surface area contributed by atoms with Crippen molar-refractivity contribution in [1.82, 2.24) is 9.97 Å². The van der Waals surface area contributed by atoms with Gasteiger partial charge >= 0.3 is 6.18 Å². The van der Waals surface area contributed by atoms with Gasteiger partial charge in [0.05, 0.1) is 6.42 Å². The molecule has 0 amide bonds. The Hall–Kier alpha value is -1.33. The van der Waals surface area contributed by atoms with Crippen LogP contribution in [-0.4, -0.2) is 16.1 Å². The average molecular weight is 233 g/mol. The van der Waals surface area contributed by atoms with Crippen molar-refractivity contribution < 1.29 is 13.2 Å². The second kappa shape index (κ2) is 4.67. The van der Waals surface area contributed by atoms with Crippen LogP contribution in [0.15, 0.2) is 6.07 Å². The molecule has 0 aliphatic rings. The number of alkyl halides is 3. The summed E-state index contributed by atoms with van der Waals surface area (Å²) in [6, 6.07) is 1.59. The summed E-state index contributed by atoms with van der Waals surface area (Å²) < 4.78 is 36.0. The van der Waals surface area contributed by atoms with E-state index in [9.17, 15) is 13.2 Å². The number of anilines is 1. The van der Waals surface area contributed by atoms with E-state index in [1.807, 2.05) is 13.8 Å². The fourth-order valence-electron chi connectivity index (χ4n) is 1.20. The quantitative estimate of drug-likeness (QED) is 0.873. The Morgan fingerprint density at radius 1 is 1.31 bits per heavy atom. The van der Waals surface area contributed by atoms with Crippen molar-refractivity contribution in [3.8, 4) is 0 Å². The van der Waals surface area contributed by atoms with Gasteiger partial charge in [-0.3, -0.25) is 0 Å². The van der Waals surface area contributed by atoms with Crippen LogP contribution in [0.25, 0.3) is 0 Å². The topological polar surface area (TPSA) is 51.8 Å². The number of aryl methyl sites for hydroxylation is 1. The first-order chi connectivity index (χ1) is 7.28. The second-order valence-electron chi connectivity index (χ2n) is 3.90. The van der Waals surface area contributed by atoms with E-state index in [0.717, 1.165) is 0 Å². The number of hydrogen-bond donors (Lipinski definition) is 1. The molecule has 0 spiro atoms. The van der Waals surface area contributed by atoms with E-state index in [2.05, 4.69) is 9.97 Å². The lowest BCUT2D eigenvalue weighted by Gasteiger charge is -2.09. The zero-order valence-corrected chi connectivity index (χ0v) is 9.17. The Kier molecular flexibility index (Phi) is 3.72. The van der Waals surface area contributed by atoms with Crippen LogP contribution in [0, 0.1) is 0 Å². The lowest BCUT2D eigenvalue weighted by atomic mass is 10.1. The first-order valence-corrected chi connectivity index (χ1v) is 4.98. The molecular formula is C10H14F3N3. The molecule has 0 radical (unpaired) electrons. The Morgan fingerprint density at radius 2 is 1.94 bits per heavy atom. The molecule has 0 fully saturated rings. The van der Waals surface area contributed by atoms with Crippen LogP contribution >= 0.6 is 0 Å². The van der Waals surface area contributed by atoms with E-state index in [1.54, 1.807) is 6.07 Å². The SMILES string of the molecule is CC(C)c1cc(N)nc(CCC(F)(F)F)n1. The highest BCUT2D eigenvalue weighted by atomic mass is 19.4. The van der Waals surface area contributed by atoms with Gasteiger partial charge in [-0.2, -0.15) is 13.2 Å². The Morgan fingerprint density at radius 3 is 2.44 bits per heavy atom. The summed E-state index contributed by atoms with van der Waals surface area (Å²) in [5.74, 6) is 0.492. The van der Waals surface area contributed by atoms with Gasteiger partial charge in [-0.1, -0.05) is 13.8 Å². The van der Waals surface area contributed by atoms with Crippen molar-refractivity contribution >= 4 is 5.82 Å². The van der Waals surface area contributed by atoms with Gasteiger partial charge in [0.25, 0.3) is 0 Å². The molecule has 0 saturated carbocycles. The third-order valence-electron chi connectivity index (χ3n) is 2.04. The molecule has 0 aliphatic heterocycles. The highest BCUT2D eigenvalue weighted by Gasteiger charge is 2.27. The molecule has 0 aromatic carbocycles. The zero-order valence-electron chi connectivity index (χ0n) is 9.17. The van der Waals surface area contributed by atoms with Crippen molar-refractivity contribution in [3.63, 3.8) is 0 Å². The lowest BCUT2D eigenvalue weighted by molar-refractivity contribution is -0.134. The van der Waals surface area contributed by atoms with Crippen LogP contribution in [-0.2, 0) is 6.42 Å². The highest BCUT2D eigenvalue weighted by Crippen LogP contribution is 2.22. The average Bonchev–Trinajstić information content (AvgIpc) is 2.13. The second-order valence-corrected chi connectivity index (χ2v) is 3.90. The van der Waals surface area contributed by atoms with Crippen molar-refractivity contribution in [2.45, 2.75) is 38.8 Å². The van der Waals surface area contributed by atoms with Gasteiger partial charge in [0.1, 0.15) is 11.6 Å². The van der Waals surface area contributed by atoms with Crippen LogP contribution < -0.4 is 5.73 Å². The molecule has 1 aromatic heterocycles. The van der Waals surface area contributed by atoms with Crippen LogP contribution in [0.3, 0.4) is 0 Å². The summed E-state index contributed by atoms with van der Waals surface area (Å²) in [6.45, 7) is 3.80. The fourth-order valence-corrected chi connectivity index (χ4v) is 1.20. The summed E-state index contributed by atoms with van der Waals surface area (Å²) in [5.41, 5.74) is 6.18. The number of rotatable bonds is 3. The highest BCUT2D eigenvalue weighted by molar-refractivity contribution is 5.31. The molecule has 90 valence electrons. The molecule has 0 aliphatic carbocycles. The Bertz CT molecular complexity index is 361. The lowest BCUT2D eigenvalue weighted by Crippen LogP contribution is -2.12. The van der Waals surface area contributed by atoms with Gasteiger partial charge in [0.15, 0.2) is 0 Å². The monoisotopic (exact) mass is 233 g/mol. The summed E-state index contributed by atoms with van der Waals surface area (Å²) in [4.78, 5) is 7.83. The van der Waals surface area contributed by atoms with E-state index in [-0.39, 0.29) is 24.0 Å². The predicted octanol–water partition coefficient (Wildman–Crippen LogP) is 2.68. The summed E-state index contributed by atoms with van der Waals surface area (Å²) in [6.07, 6.45) is -5.34. The van der Waals surface area contributed by atoms with E-state index >= 15 is 0 Å². The minimum atomic E-state index is -4.19. The maximum atomic E-state index is 12.0. The minimum Gasteiger partial charge on any atom is -0.384 e. The number of nitrogens with two attached hydrogens (primary N) is 1. The minimum absolute atomic E-state index is 0.120. The predicted molar refractivity (Wildman–Crippen MR) is 54.9 cm³/mol. The number of nitrogen functional groups attached to an aromatic ring is 1. The molecule has 1 rings (SSSR count). The summed E-state index contributed by atoms with van der Waals surface area (Å²) in [7, 11) is 0. The van der Waals surface area contributed by atoms with Crippen LogP contribution in [0.4, 0.5) is 19.0 Å². The number of aromatic nitrogens is 2. The van der Waals surface area contributed by atoms with Gasteiger partial charge in [-0.25, -0.2) is 9.97 Å². The molecule has 1 heterocycles. The van der Waals surface area contributed by atoms with Crippen molar-refractivity contribution in [1.29, 1.82) is 0 Å². The Labute approximate surface area is 91.9 Å². The third kappa shape index (κ3) is 4.04. The van der Waals surface area contributed by atoms with Gasteiger partial charge in [0, 0.05) is 18.2 Å². The molecule has 6 heteroatoms. The zero-order chi connectivity index (χ0) is 12.3. The Balaban J connectivity index is 2.81. The molecule has 0 atom stereocenters. The van der Waals surface area contributed by atoms with Crippen molar-refractivity contribution in [3.05, 3.63) is 17.6 Å². The van der Waals surface area contributed by atoms with E-state index < -0.39 is 12.6 Å². The van der Waals surface area contributed by atoms with E-state index in [4.69, 9.17) is 5.73 Å². The van der Waals surface area contributed by atoms with Crippen LogP contribution in [0.5, 0.6) is 0 Å². The van der Waals surface area contributed by atoms with Gasteiger partial charge in [0.2, 0.25) is 0 Å². The van der Waals surface area contributed by atoms with E-state index in [1.165, 1.54) is 0 Å². The molecule has 1 aromatic rings. The van der Waals surface area contributed by atoms with Crippen molar-refractivity contribution in [2.75, 3.05) is 5.73 Å². The summed E-state index contributed by atoms with van der Waals surface area (Å²) in [5, 5.41) is 0. The molecule has 16 heavy (non-hydrogen) atoms. The number of halogens is 3. The fraction of sp³-hybridized carbons (Fsp3) is 0.600. The standard InChI is InChI=1S/C10H14F3N3/c1-6(2)7-5-8(14)16-9(15-7)3-4-10(11,12)13/h5-6H,3-4H2,1-2H3,(H2,14,15,16).